The van der Waals surface area contributed by atoms with E-state index in [4.69, 9.17) is 21.3 Å². The second-order valence-electron chi connectivity index (χ2n) is 6.91. The summed E-state index contributed by atoms with van der Waals surface area (Å²) in [7, 11) is 0. The molecule has 3 heteroatoms. The van der Waals surface area contributed by atoms with Gasteiger partial charge >= 0.3 is 0 Å². The van der Waals surface area contributed by atoms with Gasteiger partial charge in [-0.3, -0.25) is 4.99 Å². The van der Waals surface area contributed by atoms with E-state index in [9.17, 15) is 0 Å². The predicted molar refractivity (Wildman–Crippen MR) is 112 cm³/mol. The van der Waals surface area contributed by atoms with Crippen LogP contribution in [0.5, 0.6) is 5.75 Å². The van der Waals surface area contributed by atoms with Gasteiger partial charge in [-0.1, -0.05) is 62.4 Å². The van der Waals surface area contributed by atoms with E-state index < -0.39 is 0 Å². The summed E-state index contributed by atoms with van der Waals surface area (Å²) in [5, 5.41) is 0.758. The van der Waals surface area contributed by atoms with Crippen LogP contribution in [0.15, 0.2) is 47.5 Å². The third-order valence-corrected chi connectivity index (χ3v) is 5.10. The van der Waals surface area contributed by atoms with E-state index in [1.807, 2.05) is 24.3 Å². The first-order chi connectivity index (χ1) is 12.8. The van der Waals surface area contributed by atoms with E-state index in [0.717, 1.165) is 53.5 Å². The molecule has 2 nitrogen and oxygen atoms in total. The van der Waals surface area contributed by atoms with Gasteiger partial charge < -0.3 is 4.74 Å². The van der Waals surface area contributed by atoms with E-state index in [0.29, 0.717) is 0 Å². The van der Waals surface area contributed by atoms with Crippen LogP contribution in [-0.4, -0.2) is 18.9 Å². The SMILES string of the molecule is CCCCCCCN=C1CCCOc2cc(-c3ccc(Cl)cc3)ccc21. The molecule has 1 aliphatic heterocycles. The van der Waals surface area contributed by atoms with Gasteiger partial charge in [-0.15, -0.1) is 0 Å². The second kappa shape index (κ2) is 9.78. The number of hydrogen-bond donors (Lipinski definition) is 0. The third-order valence-electron chi connectivity index (χ3n) is 4.85. The Labute approximate surface area is 162 Å². The number of unbranched alkanes of at least 4 members (excludes halogenated alkanes) is 4. The molecule has 138 valence electrons. The summed E-state index contributed by atoms with van der Waals surface area (Å²) in [6.07, 6.45) is 8.44. The van der Waals surface area contributed by atoms with Crippen molar-refractivity contribution in [2.75, 3.05) is 13.2 Å². The number of fused-ring (bicyclic) bond motifs is 1. The molecule has 0 spiro atoms. The largest absolute Gasteiger partial charge is 0.493 e. The first-order valence-corrected chi connectivity index (χ1v) is 10.2. The zero-order chi connectivity index (χ0) is 18.2. The second-order valence-corrected chi connectivity index (χ2v) is 7.35. The molecule has 0 unspecified atom stereocenters. The molecule has 0 aliphatic carbocycles. The summed E-state index contributed by atoms with van der Waals surface area (Å²) in [6, 6.07) is 14.4. The van der Waals surface area contributed by atoms with Crippen molar-refractivity contribution in [1.29, 1.82) is 0 Å². The molecule has 1 aliphatic rings. The molecule has 0 N–H and O–H groups in total. The van der Waals surface area contributed by atoms with E-state index in [1.54, 1.807) is 0 Å². The van der Waals surface area contributed by atoms with Gasteiger partial charge in [-0.25, -0.2) is 0 Å². The van der Waals surface area contributed by atoms with Gasteiger partial charge in [0.05, 0.1) is 6.61 Å². The molecular formula is C23H28ClNO. The van der Waals surface area contributed by atoms with Crippen LogP contribution in [0.25, 0.3) is 11.1 Å². The van der Waals surface area contributed by atoms with E-state index in [1.165, 1.54) is 37.8 Å². The highest BCUT2D eigenvalue weighted by Crippen LogP contribution is 2.31. The summed E-state index contributed by atoms with van der Waals surface area (Å²) in [5.74, 6) is 0.958. The van der Waals surface area contributed by atoms with E-state index in [2.05, 4.69) is 25.1 Å². The minimum Gasteiger partial charge on any atom is -0.493 e. The number of benzene rings is 2. The summed E-state index contributed by atoms with van der Waals surface area (Å²) < 4.78 is 6.02. The van der Waals surface area contributed by atoms with Crippen LogP contribution in [-0.2, 0) is 0 Å². The smallest absolute Gasteiger partial charge is 0.128 e. The molecule has 2 aromatic carbocycles. The van der Waals surface area contributed by atoms with E-state index >= 15 is 0 Å². The maximum atomic E-state index is 6.02. The van der Waals surface area contributed by atoms with Gasteiger partial charge in [-0.05, 0) is 54.7 Å². The molecule has 0 saturated carbocycles. The van der Waals surface area contributed by atoms with Gasteiger partial charge in [0, 0.05) is 22.8 Å². The van der Waals surface area contributed by atoms with E-state index in [-0.39, 0.29) is 0 Å². The summed E-state index contributed by atoms with van der Waals surface area (Å²) in [4.78, 5) is 4.92. The predicted octanol–water partition coefficient (Wildman–Crippen LogP) is 6.94. The maximum absolute atomic E-state index is 6.02. The first kappa shape index (κ1) is 19.0. The summed E-state index contributed by atoms with van der Waals surface area (Å²) in [5.41, 5.74) is 4.67. The lowest BCUT2D eigenvalue weighted by Crippen LogP contribution is -2.02. The van der Waals surface area contributed by atoms with Gasteiger partial charge in [0.1, 0.15) is 5.75 Å². The molecule has 2 aromatic rings. The van der Waals surface area contributed by atoms with Crippen LogP contribution in [0.2, 0.25) is 5.02 Å². The number of hydrogen-bond acceptors (Lipinski definition) is 2. The van der Waals surface area contributed by atoms with Crippen molar-refractivity contribution >= 4 is 17.3 Å². The van der Waals surface area contributed by atoms with Crippen LogP contribution in [0.1, 0.15) is 57.4 Å². The Morgan fingerprint density at radius 3 is 2.54 bits per heavy atom. The van der Waals surface area contributed by atoms with Crippen molar-refractivity contribution < 1.29 is 4.74 Å². The van der Waals surface area contributed by atoms with Crippen molar-refractivity contribution in [2.24, 2.45) is 4.99 Å². The Morgan fingerprint density at radius 1 is 0.962 bits per heavy atom. The quantitative estimate of drug-likeness (QED) is 0.484. The average Bonchev–Trinajstić information content (AvgIpc) is 2.87. The maximum Gasteiger partial charge on any atom is 0.128 e. The number of nitrogens with zero attached hydrogens (tertiary/aromatic N) is 1. The molecule has 3 rings (SSSR count). The van der Waals surface area contributed by atoms with Crippen molar-refractivity contribution in [2.45, 2.75) is 51.9 Å². The van der Waals surface area contributed by atoms with Crippen LogP contribution in [0.4, 0.5) is 0 Å². The fourth-order valence-electron chi connectivity index (χ4n) is 3.35. The molecule has 0 saturated heterocycles. The third kappa shape index (κ3) is 5.11. The first-order valence-electron chi connectivity index (χ1n) is 9.84. The van der Waals surface area contributed by atoms with Crippen molar-refractivity contribution in [3.8, 4) is 16.9 Å². The molecule has 1 heterocycles. The number of halogens is 1. The highest BCUT2D eigenvalue weighted by Gasteiger charge is 2.16. The molecule has 0 atom stereocenters. The van der Waals surface area contributed by atoms with Crippen LogP contribution in [0.3, 0.4) is 0 Å². The number of aliphatic imine (C=N–C) groups is 1. The normalized spacial score (nSPS) is 15.4. The van der Waals surface area contributed by atoms with Gasteiger partial charge in [0.25, 0.3) is 0 Å². The lowest BCUT2D eigenvalue weighted by molar-refractivity contribution is 0.318. The van der Waals surface area contributed by atoms with Crippen molar-refractivity contribution in [3.63, 3.8) is 0 Å². The Balaban J connectivity index is 1.74. The van der Waals surface area contributed by atoms with Crippen LogP contribution >= 0.6 is 11.6 Å². The average molecular weight is 370 g/mol. The molecular weight excluding hydrogens is 342 g/mol. The number of ether oxygens (including phenoxy) is 1. The Bertz CT molecular complexity index is 736. The standard InChI is InChI=1S/C23H28ClNO/c1-2-3-4-5-6-15-25-22-8-7-16-26-23-17-19(11-14-21(22)23)18-9-12-20(24)13-10-18/h9-14,17H,2-8,15-16H2,1H3. The number of rotatable bonds is 7. The highest BCUT2D eigenvalue weighted by atomic mass is 35.5. The molecule has 0 amide bonds. The van der Waals surface area contributed by atoms with Gasteiger partial charge in [0.15, 0.2) is 0 Å². The zero-order valence-corrected chi connectivity index (χ0v) is 16.4. The highest BCUT2D eigenvalue weighted by molar-refractivity contribution is 6.30. The fraction of sp³-hybridized carbons (Fsp3) is 0.435. The summed E-state index contributed by atoms with van der Waals surface area (Å²) in [6.45, 7) is 3.94. The van der Waals surface area contributed by atoms with Gasteiger partial charge in [0.2, 0.25) is 0 Å². The minimum absolute atomic E-state index is 0.757. The van der Waals surface area contributed by atoms with Gasteiger partial charge in [-0.2, -0.15) is 0 Å². The molecule has 0 radical (unpaired) electrons. The molecule has 0 bridgehead atoms. The van der Waals surface area contributed by atoms with Crippen molar-refractivity contribution in [3.05, 3.63) is 53.1 Å². The topological polar surface area (TPSA) is 21.6 Å². The van der Waals surface area contributed by atoms with Crippen molar-refractivity contribution in [1.82, 2.24) is 0 Å². The Hall–Kier alpha value is -1.80. The summed E-state index contributed by atoms with van der Waals surface area (Å²) >= 11 is 6.00. The Morgan fingerprint density at radius 2 is 1.73 bits per heavy atom. The van der Waals surface area contributed by atoms with Crippen LogP contribution in [0, 0.1) is 0 Å². The lowest BCUT2D eigenvalue weighted by Gasteiger charge is -2.11. The fourth-order valence-corrected chi connectivity index (χ4v) is 3.48. The molecule has 0 aromatic heterocycles. The molecule has 0 fully saturated rings. The minimum atomic E-state index is 0.757. The Kier molecular flexibility index (Phi) is 7.13. The molecule has 26 heavy (non-hydrogen) atoms. The monoisotopic (exact) mass is 369 g/mol. The lowest BCUT2D eigenvalue weighted by atomic mass is 10.00. The zero-order valence-electron chi connectivity index (χ0n) is 15.6. The van der Waals surface area contributed by atoms with Crippen LogP contribution < -0.4 is 4.74 Å².